The van der Waals surface area contributed by atoms with Crippen molar-refractivity contribution in [3.63, 3.8) is 0 Å². The molecule has 0 aliphatic carbocycles. The Hall–Kier alpha value is -5.38. The molecular formula is C40H25NOS. The molecule has 0 aliphatic rings. The first kappa shape index (κ1) is 24.2. The predicted molar refractivity (Wildman–Crippen MR) is 184 cm³/mol. The van der Waals surface area contributed by atoms with Gasteiger partial charge in [0, 0.05) is 47.8 Å². The summed E-state index contributed by atoms with van der Waals surface area (Å²) in [7, 11) is 0. The van der Waals surface area contributed by atoms with Crippen LogP contribution in [0.5, 0.6) is 0 Å². The number of rotatable bonds is 4. The number of hydrogen-bond donors (Lipinski definition) is 0. The zero-order valence-electron chi connectivity index (χ0n) is 23.2. The van der Waals surface area contributed by atoms with Crippen LogP contribution >= 0.6 is 11.3 Å². The predicted octanol–water partition coefficient (Wildman–Crippen LogP) is 12.2. The van der Waals surface area contributed by atoms with Crippen molar-refractivity contribution in [3.05, 3.63) is 152 Å². The first-order valence-corrected chi connectivity index (χ1v) is 15.3. The maximum Gasteiger partial charge on any atom is 0.143 e. The third-order valence-electron chi connectivity index (χ3n) is 8.46. The molecule has 7 aromatic carbocycles. The molecule has 0 saturated heterocycles. The fraction of sp³-hybridized carbons (Fsp3) is 0. The normalized spacial score (nSPS) is 11.7. The van der Waals surface area contributed by atoms with Crippen LogP contribution in [0.4, 0.5) is 17.1 Å². The summed E-state index contributed by atoms with van der Waals surface area (Å²) in [6.07, 6.45) is 0. The molecule has 2 nitrogen and oxygen atoms in total. The van der Waals surface area contributed by atoms with Gasteiger partial charge in [-0.15, -0.1) is 11.3 Å². The maximum absolute atomic E-state index is 6.61. The van der Waals surface area contributed by atoms with Gasteiger partial charge in [0.2, 0.25) is 0 Å². The van der Waals surface area contributed by atoms with E-state index in [4.69, 9.17) is 4.42 Å². The summed E-state index contributed by atoms with van der Waals surface area (Å²) in [5.41, 5.74) is 7.56. The molecule has 0 spiro atoms. The van der Waals surface area contributed by atoms with Crippen LogP contribution in [0.25, 0.3) is 64.0 Å². The van der Waals surface area contributed by atoms with Crippen molar-refractivity contribution in [2.75, 3.05) is 4.90 Å². The van der Waals surface area contributed by atoms with Gasteiger partial charge in [-0.25, -0.2) is 0 Å². The molecule has 202 valence electrons. The van der Waals surface area contributed by atoms with E-state index < -0.39 is 0 Å². The SMILES string of the molecule is c1ccc(N(c2ccccc2-c2cccc3c2sc2ccccc23)c2cccc3oc4c5ccccc5ccc4c23)cc1. The van der Waals surface area contributed by atoms with Gasteiger partial charge in [0.15, 0.2) is 0 Å². The van der Waals surface area contributed by atoms with Gasteiger partial charge in [0.25, 0.3) is 0 Å². The van der Waals surface area contributed by atoms with Gasteiger partial charge in [-0.05, 0) is 47.9 Å². The average molecular weight is 568 g/mol. The van der Waals surface area contributed by atoms with Gasteiger partial charge in [0.05, 0.1) is 16.8 Å². The number of furan rings is 1. The van der Waals surface area contributed by atoms with Crippen molar-refractivity contribution in [2.45, 2.75) is 0 Å². The lowest BCUT2D eigenvalue weighted by atomic mass is 9.99. The molecule has 0 radical (unpaired) electrons. The van der Waals surface area contributed by atoms with Gasteiger partial charge >= 0.3 is 0 Å². The topological polar surface area (TPSA) is 16.4 Å². The number of fused-ring (bicyclic) bond motifs is 8. The fourth-order valence-electron chi connectivity index (χ4n) is 6.56. The summed E-state index contributed by atoms with van der Waals surface area (Å²) < 4.78 is 9.23. The van der Waals surface area contributed by atoms with Crippen molar-refractivity contribution in [2.24, 2.45) is 0 Å². The zero-order chi connectivity index (χ0) is 28.3. The van der Waals surface area contributed by atoms with E-state index in [2.05, 4.69) is 157 Å². The molecule has 0 fully saturated rings. The molecule has 2 heterocycles. The van der Waals surface area contributed by atoms with E-state index in [1.54, 1.807) is 0 Å². The van der Waals surface area contributed by atoms with E-state index in [0.717, 1.165) is 44.4 Å². The van der Waals surface area contributed by atoms with E-state index >= 15 is 0 Å². The molecule has 0 N–H and O–H groups in total. The zero-order valence-corrected chi connectivity index (χ0v) is 24.0. The second-order valence-corrected chi connectivity index (χ2v) is 11.9. The van der Waals surface area contributed by atoms with Crippen molar-refractivity contribution in [3.8, 4) is 11.1 Å². The number of hydrogen-bond acceptors (Lipinski definition) is 3. The summed E-state index contributed by atoms with van der Waals surface area (Å²) in [5.74, 6) is 0. The van der Waals surface area contributed by atoms with Crippen LogP contribution in [0.3, 0.4) is 0 Å². The lowest BCUT2D eigenvalue weighted by molar-refractivity contribution is 0.672. The lowest BCUT2D eigenvalue weighted by Gasteiger charge is -2.28. The number of nitrogens with zero attached hydrogens (tertiary/aromatic N) is 1. The second-order valence-electron chi connectivity index (χ2n) is 10.9. The summed E-state index contributed by atoms with van der Waals surface area (Å²) >= 11 is 1.87. The largest absolute Gasteiger partial charge is 0.455 e. The highest BCUT2D eigenvalue weighted by molar-refractivity contribution is 7.26. The molecule has 2 aromatic heterocycles. The van der Waals surface area contributed by atoms with Crippen LogP contribution in [-0.2, 0) is 0 Å². The highest BCUT2D eigenvalue weighted by Gasteiger charge is 2.23. The van der Waals surface area contributed by atoms with Gasteiger partial charge in [-0.3, -0.25) is 0 Å². The fourth-order valence-corrected chi connectivity index (χ4v) is 7.79. The molecule has 3 heteroatoms. The van der Waals surface area contributed by atoms with Gasteiger partial charge in [0.1, 0.15) is 11.2 Å². The molecule has 0 aliphatic heterocycles. The van der Waals surface area contributed by atoms with Crippen LogP contribution in [0.2, 0.25) is 0 Å². The Balaban J connectivity index is 1.35. The van der Waals surface area contributed by atoms with Gasteiger partial charge in [-0.2, -0.15) is 0 Å². The Bertz CT molecular complexity index is 2470. The first-order chi connectivity index (χ1) is 21.3. The summed E-state index contributed by atoms with van der Waals surface area (Å²) in [5, 5.41) is 7.15. The Morgan fingerprint density at radius 1 is 0.465 bits per heavy atom. The number of benzene rings is 7. The Kier molecular flexibility index (Phi) is 5.40. The molecule has 0 bridgehead atoms. The molecule has 0 unspecified atom stereocenters. The van der Waals surface area contributed by atoms with E-state index in [-0.39, 0.29) is 0 Å². The van der Waals surface area contributed by atoms with Crippen molar-refractivity contribution in [1.82, 2.24) is 0 Å². The minimum Gasteiger partial charge on any atom is -0.455 e. The van der Waals surface area contributed by atoms with E-state index in [9.17, 15) is 0 Å². The summed E-state index contributed by atoms with van der Waals surface area (Å²) in [6.45, 7) is 0. The third kappa shape index (κ3) is 3.72. The van der Waals surface area contributed by atoms with Crippen LogP contribution in [0.1, 0.15) is 0 Å². The number of anilines is 3. The standard InChI is InChI=1S/C40H25NOS/c1-2-13-27(14-3-1)41(35-21-11-22-36-38(35)33-25-24-26-12-4-5-15-28(26)39(33)42-36)34-20-8-6-16-29(34)31-18-10-19-32-30-17-7-9-23-37(30)43-40(31)32/h1-25H. The quantitative estimate of drug-likeness (QED) is 0.210. The molecule has 43 heavy (non-hydrogen) atoms. The van der Waals surface area contributed by atoms with Crippen LogP contribution in [0.15, 0.2) is 156 Å². The Morgan fingerprint density at radius 3 is 2.09 bits per heavy atom. The molecule has 9 aromatic rings. The summed E-state index contributed by atoms with van der Waals surface area (Å²) in [6, 6.07) is 54.1. The maximum atomic E-state index is 6.61. The second kappa shape index (κ2) is 9.59. The minimum atomic E-state index is 0.883. The van der Waals surface area contributed by atoms with Crippen molar-refractivity contribution >= 4 is 81.3 Å². The Labute approximate surface area is 252 Å². The Morgan fingerprint density at radius 2 is 1.16 bits per heavy atom. The van der Waals surface area contributed by atoms with Crippen molar-refractivity contribution < 1.29 is 4.42 Å². The minimum absolute atomic E-state index is 0.883. The van der Waals surface area contributed by atoms with Crippen LogP contribution in [-0.4, -0.2) is 0 Å². The van der Waals surface area contributed by atoms with E-state index in [1.165, 1.54) is 36.7 Å². The highest BCUT2D eigenvalue weighted by atomic mass is 32.1. The van der Waals surface area contributed by atoms with Crippen molar-refractivity contribution in [1.29, 1.82) is 0 Å². The monoisotopic (exact) mass is 567 g/mol. The van der Waals surface area contributed by atoms with Crippen LogP contribution in [0, 0.1) is 0 Å². The first-order valence-electron chi connectivity index (χ1n) is 14.5. The van der Waals surface area contributed by atoms with Gasteiger partial charge < -0.3 is 9.32 Å². The number of thiophene rings is 1. The highest BCUT2D eigenvalue weighted by Crippen LogP contribution is 2.48. The van der Waals surface area contributed by atoms with Gasteiger partial charge in [-0.1, -0.05) is 109 Å². The average Bonchev–Trinajstić information content (AvgIpc) is 3.65. The van der Waals surface area contributed by atoms with Crippen LogP contribution < -0.4 is 4.90 Å². The smallest absolute Gasteiger partial charge is 0.143 e. The summed E-state index contributed by atoms with van der Waals surface area (Å²) in [4.78, 5) is 2.40. The molecule has 0 atom stereocenters. The number of para-hydroxylation sites is 2. The molecule has 0 amide bonds. The molecular weight excluding hydrogens is 543 g/mol. The van der Waals surface area contributed by atoms with E-state index in [1.807, 2.05) is 11.3 Å². The van der Waals surface area contributed by atoms with E-state index in [0.29, 0.717) is 0 Å². The third-order valence-corrected chi connectivity index (χ3v) is 9.68. The molecule has 9 rings (SSSR count). The lowest BCUT2D eigenvalue weighted by Crippen LogP contribution is -2.11. The molecule has 0 saturated carbocycles.